The van der Waals surface area contributed by atoms with Gasteiger partial charge in [0.05, 0.1) is 16.8 Å². The van der Waals surface area contributed by atoms with Crippen molar-refractivity contribution in [3.8, 4) is 0 Å². The molecule has 3 rings (SSSR count). The molecule has 202 valence electrons. The van der Waals surface area contributed by atoms with E-state index in [0.29, 0.717) is 30.8 Å². The van der Waals surface area contributed by atoms with Crippen LogP contribution in [0.25, 0.3) is 0 Å². The van der Waals surface area contributed by atoms with Gasteiger partial charge in [0.1, 0.15) is 5.82 Å². The topological polar surface area (TPSA) is 73.7 Å². The van der Waals surface area contributed by atoms with Gasteiger partial charge in [-0.25, -0.2) is 14.4 Å². The van der Waals surface area contributed by atoms with Gasteiger partial charge in [-0.1, -0.05) is 30.9 Å². The number of benzene rings is 1. The zero-order valence-corrected chi connectivity index (χ0v) is 21.5. The van der Waals surface area contributed by atoms with Crippen LogP contribution in [0.2, 0.25) is 0 Å². The van der Waals surface area contributed by atoms with Gasteiger partial charge < -0.3 is 15.2 Å². The van der Waals surface area contributed by atoms with Crippen LogP contribution in [0.3, 0.4) is 0 Å². The van der Waals surface area contributed by atoms with E-state index in [4.69, 9.17) is 0 Å². The molecule has 7 nitrogen and oxygen atoms in total. The summed E-state index contributed by atoms with van der Waals surface area (Å²) in [5.41, 5.74) is 4.84. The fourth-order valence-electron chi connectivity index (χ4n) is 3.96. The highest BCUT2D eigenvalue weighted by molar-refractivity contribution is 6.05. The van der Waals surface area contributed by atoms with E-state index in [1.807, 2.05) is 32.1 Å². The number of hydrogen-bond acceptors (Lipinski definition) is 6. The maximum Gasteiger partial charge on any atom is 0.419 e. The molecule has 1 amide bonds. The number of alkyl halides is 3. The van der Waals surface area contributed by atoms with E-state index < -0.39 is 23.5 Å². The van der Waals surface area contributed by atoms with E-state index >= 15 is 0 Å². The molecular formula is C27H30F4N6O. The average molecular weight is 531 g/mol. The number of allylic oxidation sites excluding steroid dienone is 5. The molecular weight excluding hydrogens is 500 g/mol. The van der Waals surface area contributed by atoms with Crippen molar-refractivity contribution < 1.29 is 22.4 Å². The Balaban J connectivity index is 1.73. The maximum atomic E-state index is 14.7. The van der Waals surface area contributed by atoms with Crippen molar-refractivity contribution in [2.75, 3.05) is 38.1 Å². The van der Waals surface area contributed by atoms with Gasteiger partial charge in [0.25, 0.3) is 5.91 Å². The monoisotopic (exact) mass is 530 g/mol. The van der Waals surface area contributed by atoms with Crippen molar-refractivity contribution in [1.82, 2.24) is 20.3 Å². The summed E-state index contributed by atoms with van der Waals surface area (Å²) >= 11 is 0. The first-order valence-electron chi connectivity index (χ1n) is 12.0. The highest BCUT2D eigenvalue weighted by Crippen LogP contribution is 2.28. The molecule has 1 aromatic carbocycles. The van der Waals surface area contributed by atoms with Crippen LogP contribution in [-0.2, 0) is 12.6 Å². The van der Waals surface area contributed by atoms with Crippen LogP contribution in [0.1, 0.15) is 35.3 Å². The van der Waals surface area contributed by atoms with Gasteiger partial charge in [-0.05, 0) is 37.1 Å². The van der Waals surface area contributed by atoms with Crippen LogP contribution in [0.5, 0.6) is 0 Å². The lowest BCUT2D eigenvalue weighted by molar-refractivity contribution is -0.138. The summed E-state index contributed by atoms with van der Waals surface area (Å²) < 4.78 is 53.1. The molecule has 2 heterocycles. The van der Waals surface area contributed by atoms with Crippen LogP contribution in [0.4, 0.5) is 23.5 Å². The van der Waals surface area contributed by atoms with Gasteiger partial charge in [0.2, 0.25) is 5.95 Å². The molecule has 38 heavy (non-hydrogen) atoms. The third-order valence-electron chi connectivity index (χ3n) is 5.92. The lowest BCUT2D eigenvalue weighted by Crippen LogP contribution is -2.49. The predicted octanol–water partition coefficient (Wildman–Crippen LogP) is 4.79. The van der Waals surface area contributed by atoms with Crippen LogP contribution in [0.15, 0.2) is 71.6 Å². The van der Waals surface area contributed by atoms with E-state index in [0.717, 1.165) is 23.5 Å². The third-order valence-corrected chi connectivity index (χ3v) is 5.92. The van der Waals surface area contributed by atoms with Gasteiger partial charge in [-0.15, -0.1) is 0 Å². The number of anilines is 1. The Labute approximate surface area is 219 Å². The van der Waals surface area contributed by atoms with Gasteiger partial charge >= 0.3 is 6.18 Å². The highest BCUT2D eigenvalue weighted by Gasteiger charge is 2.32. The third kappa shape index (κ3) is 7.05. The summed E-state index contributed by atoms with van der Waals surface area (Å²) in [6.45, 7) is 8.88. The minimum Gasteiger partial charge on any atom is -0.337 e. The number of aromatic nitrogens is 2. The first kappa shape index (κ1) is 28.5. The van der Waals surface area contributed by atoms with E-state index in [1.165, 1.54) is 17.0 Å². The quantitative estimate of drug-likeness (QED) is 0.230. The number of carbonyl (C=O) groups is 1. The highest BCUT2D eigenvalue weighted by atomic mass is 19.4. The minimum absolute atomic E-state index is 0.0557. The molecule has 1 aliphatic heterocycles. The SMILES string of the molecule is C=C(C)C(=C\C=C/C)/C(Cc1ccc(F)c(C(=O)N2CCN(c3ncc(C(F)(F)F)cn3)CC2)c1)=N\NC. The molecule has 1 aromatic heterocycles. The number of rotatable bonds is 8. The summed E-state index contributed by atoms with van der Waals surface area (Å²) in [6, 6.07) is 4.41. The molecule has 1 saturated heterocycles. The van der Waals surface area contributed by atoms with Crippen molar-refractivity contribution in [1.29, 1.82) is 0 Å². The van der Waals surface area contributed by atoms with Gasteiger partial charge in [-0.2, -0.15) is 18.3 Å². The Bertz CT molecular complexity index is 1240. The molecule has 0 bridgehead atoms. The number of hydrogen-bond donors (Lipinski definition) is 1. The summed E-state index contributed by atoms with van der Waals surface area (Å²) in [7, 11) is 1.68. The number of halogens is 4. The predicted molar refractivity (Wildman–Crippen MR) is 139 cm³/mol. The van der Waals surface area contributed by atoms with Crippen LogP contribution in [0, 0.1) is 5.82 Å². The fraction of sp³-hybridized carbons (Fsp3) is 0.333. The maximum absolute atomic E-state index is 14.7. The lowest BCUT2D eigenvalue weighted by atomic mass is 9.96. The number of hydrazone groups is 1. The zero-order valence-electron chi connectivity index (χ0n) is 21.5. The van der Waals surface area contributed by atoms with Crippen LogP contribution in [-0.4, -0.2) is 59.7 Å². The number of nitrogens with one attached hydrogen (secondary N) is 1. The van der Waals surface area contributed by atoms with Crippen molar-refractivity contribution in [3.63, 3.8) is 0 Å². The van der Waals surface area contributed by atoms with E-state index in [9.17, 15) is 22.4 Å². The summed E-state index contributed by atoms with van der Waals surface area (Å²) in [6.07, 6.45) is 2.96. The number of amides is 1. The van der Waals surface area contributed by atoms with Crippen molar-refractivity contribution >= 4 is 17.6 Å². The molecule has 0 atom stereocenters. The zero-order chi connectivity index (χ0) is 27.9. The fourth-order valence-corrected chi connectivity index (χ4v) is 3.96. The average Bonchev–Trinajstić information content (AvgIpc) is 2.89. The largest absolute Gasteiger partial charge is 0.419 e. The van der Waals surface area contributed by atoms with Gasteiger partial charge in [-0.3, -0.25) is 4.79 Å². The molecule has 1 aliphatic rings. The second kappa shape index (κ2) is 12.5. The van der Waals surface area contributed by atoms with Crippen molar-refractivity contribution in [2.24, 2.45) is 5.10 Å². The molecule has 11 heteroatoms. The van der Waals surface area contributed by atoms with Crippen LogP contribution >= 0.6 is 0 Å². The van der Waals surface area contributed by atoms with Gasteiger partial charge in [0.15, 0.2) is 0 Å². The van der Waals surface area contributed by atoms with Crippen molar-refractivity contribution in [3.05, 3.63) is 89.1 Å². The normalized spacial score (nSPS) is 15.2. The Morgan fingerprint density at radius 2 is 1.84 bits per heavy atom. The Hall–Kier alpha value is -4.02. The smallest absolute Gasteiger partial charge is 0.337 e. The second-order valence-corrected chi connectivity index (χ2v) is 8.71. The second-order valence-electron chi connectivity index (χ2n) is 8.71. The minimum atomic E-state index is -4.52. The summed E-state index contributed by atoms with van der Waals surface area (Å²) in [5.74, 6) is -0.952. The van der Waals surface area contributed by atoms with E-state index in [-0.39, 0.29) is 24.6 Å². The Morgan fingerprint density at radius 3 is 2.39 bits per heavy atom. The number of carbonyl (C=O) groups excluding carboxylic acids is 1. The molecule has 2 aromatic rings. The summed E-state index contributed by atoms with van der Waals surface area (Å²) in [5, 5.41) is 4.37. The van der Waals surface area contributed by atoms with Crippen LogP contribution < -0.4 is 10.3 Å². The molecule has 1 N–H and O–H groups in total. The lowest BCUT2D eigenvalue weighted by Gasteiger charge is -2.34. The molecule has 0 radical (unpaired) electrons. The first-order chi connectivity index (χ1) is 18.0. The molecule has 0 unspecified atom stereocenters. The van der Waals surface area contributed by atoms with Crippen molar-refractivity contribution in [2.45, 2.75) is 26.4 Å². The Morgan fingerprint density at radius 1 is 1.18 bits per heavy atom. The molecule has 0 spiro atoms. The molecule has 1 fully saturated rings. The molecule has 0 saturated carbocycles. The molecule has 0 aliphatic carbocycles. The number of piperazine rings is 1. The summed E-state index contributed by atoms with van der Waals surface area (Å²) in [4.78, 5) is 24.0. The number of nitrogens with zero attached hydrogens (tertiary/aromatic N) is 5. The van der Waals surface area contributed by atoms with E-state index in [1.54, 1.807) is 18.0 Å². The standard InChI is InChI=1S/C27H30F4N6O/c1-5-6-7-21(18(2)3)24(35-32-4)15-19-8-9-23(28)22(14-19)25(38)36-10-12-37(13-11-36)26-33-16-20(17-34-26)27(29,30)31/h5-9,14,16-17,32H,2,10-13,15H2,1,3-4H3/b6-5-,21-7+,35-24-. The van der Waals surface area contributed by atoms with E-state index in [2.05, 4.69) is 27.1 Å². The van der Waals surface area contributed by atoms with Gasteiger partial charge in [0, 0.05) is 57.6 Å². The first-order valence-corrected chi connectivity index (χ1v) is 12.0. The Kier molecular flexibility index (Phi) is 9.38.